The molecule has 1 saturated heterocycles. The molecule has 0 saturated carbocycles. The van der Waals surface area contributed by atoms with Gasteiger partial charge < -0.3 is 15.4 Å². The SMILES string of the molecule is CCNC(=NCC(C)N1CCOCC1)NCCc1cc(F)ccc1F. The van der Waals surface area contributed by atoms with Crippen LogP contribution in [0.15, 0.2) is 23.2 Å². The van der Waals surface area contributed by atoms with Crippen molar-refractivity contribution < 1.29 is 13.5 Å². The Balaban J connectivity index is 1.83. The predicted molar refractivity (Wildman–Crippen MR) is 95.9 cm³/mol. The fourth-order valence-electron chi connectivity index (χ4n) is 2.75. The number of hydrogen-bond donors (Lipinski definition) is 2. The zero-order valence-electron chi connectivity index (χ0n) is 15.0. The summed E-state index contributed by atoms with van der Waals surface area (Å²) in [5, 5.41) is 6.36. The van der Waals surface area contributed by atoms with Crippen LogP contribution in [0, 0.1) is 11.6 Å². The van der Waals surface area contributed by atoms with Gasteiger partial charge in [-0.25, -0.2) is 8.78 Å². The summed E-state index contributed by atoms with van der Waals surface area (Å²) in [5.41, 5.74) is 0.366. The maximum absolute atomic E-state index is 13.6. The molecule has 0 aromatic heterocycles. The quantitative estimate of drug-likeness (QED) is 0.579. The summed E-state index contributed by atoms with van der Waals surface area (Å²) in [7, 11) is 0. The largest absolute Gasteiger partial charge is 0.379 e. The van der Waals surface area contributed by atoms with Crippen LogP contribution in [-0.2, 0) is 11.2 Å². The van der Waals surface area contributed by atoms with Crippen molar-refractivity contribution in [3.05, 3.63) is 35.4 Å². The Kier molecular flexibility index (Phi) is 8.08. The highest BCUT2D eigenvalue weighted by Crippen LogP contribution is 2.09. The molecule has 1 heterocycles. The number of halogens is 2. The van der Waals surface area contributed by atoms with Gasteiger partial charge in [-0.2, -0.15) is 0 Å². The van der Waals surface area contributed by atoms with Gasteiger partial charge >= 0.3 is 0 Å². The van der Waals surface area contributed by atoms with Crippen LogP contribution in [0.2, 0.25) is 0 Å². The molecule has 140 valence electrons. The second-order valence-electron chi connectivity index (χ2n) is 6.13. The van der Waals surface area contributed by atoms with Gasteiger partial charge in [-0.1, -0.05) is 0 Å². The van der Waals surface area contributed by atoms with Crippen molar-refractivity contribution in [3.63, 3.8) is 0 Å². The minimum atomic E-state index is -0.420. The summed E-state index contributed by atoms with van der Waals surface area (Å²) in [6.07, 6.45) is 0.396. The number of nitrogens with one attached hydrogen (secondary N) is 2. The topological polar surface area (TPSA) is 48.9 Å². The molecule has 1 aliphatic rings. The maximum Gasteiger partial charge on any atom is 0.191 e. The van der Waals surface area contributed by atoms with E-state index in [9.17, 15) is 8.78 Å². The molecule has 1 atom stereocenters. The normalized spacial score (nSPS) is 17.4. The Bertz CT molecular complexity index is 562. The van der Waals surface area contributed by atoms with E-state index in [1.807, 2.05) is 6.92 Å². The number of aliphatic imine (C=N–C) groups is 1. The molecule has 1 aliphatic heterocycles. The third-order valence-corrected chi connectivity index (χ3v) is 4.22. The van der Waals surface area contributed by atoms with E-state index in [0.29, 0.717) is 37.1 Å². The molecule has 1 aromatic rings. The van der Waals surface area contributed by atoms with Crippen molar-refractivity contribution >= 4 is 5.96 Å². The fourth-order valence-corrected chi connectivity index (χ4v) is 2.75. The van der Waals surface area contributed by atoms with Gasteiger partial charge in [-0.05, 0) is 44.0 Å². The zero-order valence-corrected chi connectivity index (χ0v) is 15.0. The fraction of sp³-hybridized carbons (Fsp3) is 0.611. The van der Waals surface area contributed by atoms with E-state index in [-0.39, 0.29) is 5.82 Å². The van der Waals surface area contributed by atoms with Crippen molar-refractivity contribution in [1.82, 2.24) is 15.5 Å². The van der Waals surface area contributed by atoms with Crippen molar-refractivity contribution in [2.45, 2.75) is 26.3 Å². The lowest BCUT2D eigenvalue weighted by atomic mass is 10.1. The Morgan fingerprint density at radius 2 is 2.04 bits per heavy atom. The molecule has 0 radical (unpaired) electrons. The van der Waals surface area contributed by atoms with E-state index in [1.165, 1.54) is 6.07 Å². The summed E-state index contributed by atoms with van der Waals surface area (Å²) >= 11 is 0. The number of guanidine groups is 1. The van der Waals surface area contributed by atoms with Crippen LogP contribution >= 0.6 is 0 Å². The molecule has 2 rings (SSSR count). The molecular weight excluding hydrogens is 326 g/mol. The Hall–Kier alpha value is -1.73. The van der Waals surface area contributed by atoms with E-state index >= 15 is 0 Å². The molecule has 0 amide bonds. The van der Waals surface area contributed by atoms with Crippen LogP contribution in [0.3, 0.4) is 0 Å². The predicted octanol–water partition coefficient (Wildman–Crippen LogP) is 1.78. The van der Waals surface area contributed by atoms with Crippen LogP contribution in [0.1, 0.15) is 19.4 Å². The molecular formula is C18H28F2N4O. The summed E-state index contributed by atoms with van der Waals surface area (Å²) < 4.78 is 32.2. The molecule has 1 aromatic carbocycles. The van der Waals surface area contributed by atoms with Crippen molar-refractivity contribution in [2.24, 2.45) is 4.99 Å². The van der Waals surface area contributed by atoms with E-state index in [0.717, 1.165) is 45.0 Å². The molecule has 0 bridgehead atoms. The van der Waals surface area contributed by atoms with Gasteiger partial charge in [-0.3, -0.25) is 9.89 Å². The number of nitrogens with zero attached hydrogens (tertiary/aromatic N) is 2. The number of benzene rings is 1. The highest BCUT2D eigenvalue weighted by molar-refractivity contribution is 5.79. The number of ether oxygens (including phenoxy) is 1. The van der Waals surface area contributed by atoms with Gasteiger partial charge in [0, 0.05) is 32.2 Å². The first kappa shape index (κ1) is 19.6. The van der Waals surface area contributed by atoms with Crippen molar-refractivity contribution in [1.29, 1.82) is 0 Å². The molecule has 2 N–H and O–H groups in total. The summed E-state index contributed by atoms with van der Waals surface area (Å²) in [6.45, 7) is 9.44. The monoisotopic (exact) mass is 354 g/mol. The third kappa shape index (κ3) is 6.59. The minimum absolute atomic E-state index is 0.333. The molecule has 25 heavy (non-hydrogen) atoms. The van der Waals surface area contributed by atoms with Crippen LogP contribution < -0.4 is 10.6 Å². The van der Waals surface area contributed by atoms with Crippen molar-refractivity contribution in [3.8, 4) is 0 Å². The van der Waals surface area contributed by atoms with Gasteiger partial charge in [0.05, 0.1) is 19.8 Å². The Labute approximate surface area is 148 Å². The molecule has 1 fully saturated rings. The maximum atomic E-state index is 13.6. The molecule has 5 nitrogen and oxygen atoms in total. The van der Waals surface area contributed by atoms with Gasteiger partial charge in [0.25, 0.3) is 0 Å². The molecule has 0 spiro atoms. The smallest absolute Gasteiger partial charge is 0.191 e. The Morgan fingerprint density at radius 1 is 1.28 bits per heavy atom. The average Bonchev–Trinajstić information content (AvgIpc) is 2.63. The number of rotatable bonds is 7. The van der Waals surface area contributed by atoms with Crippen LogP contribution in [0.5, 0.6) is 0 Å². The second-order valence-corrected chi connectivity index (χ2v) is 6.13. The first-order chi connectivity index (χ1) is 12.1. The van der Waals surface area contributed by atoms with E-state index in [1.54, 1.807) is 0 Å². The van der Waals surface area contributed by atoms with Crippen molar-refractivity contribution in [2.75, 3.05) is 45.9 Å². The lowest BCUT2D eigenvalue weighted by Gasteiger charge is -2.31. The van der Waals surface area contributed by atoms with Gasteiger partial charge in [-0.15, -0.1) is 0 Å². The standard InChI is InChI=1S/C18H28F2N4O/c1-3-21-18(23-13-14(2)24-8-10-25-11-9-24)22-7-6-15-12-16(19)4-5-17(15)20/h4-5,12,14H,3,6-11,13H2,1-2H3,(H2,21,22,23). The number of morpholine rings is 1. The highest BCUT2D eigenvalue weighted by Gasteiger charge is 2.16. The van der Waals surface area contributed by atoms with Gasteiger partial charge in [0.1, 0.15) is 11.6 Å². The summed E-state index contributed by atoms with van der Waals surface area (Å²) in [6, 6.07) is 3.86. The lowest BCUT2D eigenvalue weighted by Crippen LogP contribution is -2.44. The number of hydrogen-bond acceptors (Lipinski definition) is 3. The average molecular weight is 354 g/mol. The minimum Gasteiger partial charge on any atom is -0.379 e. The lowest BCUT2D eigenvalue weighted by molar-refractivity contribution is 0.0220. The van der Waals surface area contributed by atoms with Crippen LogP contribution in [-0.4, -0.2) is 62.8 Å². The van der Waals surface area contributed by atoms with Crippen LogP contribution in [0.25, 0.3) is 0 Å². The molecule has 7 heteroatoms. The molecule has 1 unspecified atom stereocenters. The molecule has 0 aliphatic carbocycles. The van der Waals surface area contributed by atoms with Gasteiger partial charge in [0.15, 0.2) is 5.96 Å². The third-order valence-electron chi connectivity index (χ3n) is 4.22. The van der Waals surface area contributed by atoms with Crippen LogP contribution in [0.4, 0.5) is 8.78 Å². The summed E-state index contributed by atoms with van der Waals surface area (Å²) in [4.78, 5) is 6.96. The zero-order chi connectivity index (χ0) is 18.1. The first-order valence-electron chi connectivity index (χ1n) is 8.88. The Morgan fingerprint density at radius 3 is 2.76 bits per heavy atom. The first-order valence-corrected chi connectivity index (χ1v) is 8.88. The van der Waals surface area contributed by atoms with E-state index in [4.69, 9.17) is 4.74 Å². The van der Waals surface area contributed by atoms with Gasteiger partial charge in [0.2, 0.25) is 0 Å². The van der Waals surface area contributed by atoms with E-state index in [2.05, 4.69) is 27.4 Å². The van der Waals surface area contributed by atoms with E-state index < -0.39 is 5.82 Å². The highest BCUT2D eigenvalue weighted by atomic mass is 19.1. The summed E-state index contributed by atoms with van der Waals surface area (Å²) in [5.74, 6) is -0.109. The second kappa shape index (κ2) is 10.3.